The number of ether oxygens (including phenoxy) is 5. The van der Waals surface area contributed by atoms with E-state index in [-0.39, 0.29) is 32.3 Å². The van der Waals surface area contributed by atoms with Crippen LogP contribution in [0.4, 0.5) is 10.1 Å². The maximum absolute atomic E-state index is 14.5. The van der Waals surface area contributed by atoms with Gasteiger partial charge in [-0.2, -0.15) is 0 Å². The van der Waals surface area contributed by atoms with Gasteiger partial charge in [0.2, 0.25) is 0 Å². The molecule has 0 aromatic heterocycles. The van der Waals surface area contributed by atoms with E-state index in [9.17, 15) is 9.18 Å². The van der Waals surface area contributed by atoms with Crippen molar-refractivity contribution in [3.63, 3.8) is 0 Å². The molecule has 0 saturated carbocycles. The summed E-state index contributed by atoms with van der Waals surface area (Å²) >= 11 is 0. The molecule has 0 unspecified atom stereocenters. The standard InChI is InChI=1S/C31H39FN2O6/c1-4-36-18-27(19-37-5-2)40-26-13-21(3)31(29(34)16-26)24-8-6-7-22(14-24)17-38-25-11-9-23(28(32)15-25)10-12-30(35)39-20-33/h6-9,11,13-16,27H,4-5,10,12,17-20,33-34H2,1-3H3. The van der Waals surface area contributed by atoms with Gasteiger partial charge in [-0.1, -0.05) is 24.3 Å². The number of hydrogen-bond donors (Lipinski definition) is 2. The van der Waals surface area contributed by atoms with E-state index in [1.807, 2.05) is 57.2 Å². The average Bonchev–Trinajstić information content (AvgIpc) is 2.93. The van der Waals surface area contributed by atoms with Gasteiger partial charge in [0.15, 0.2) is 0 Å². The number of nitrogens with two attached hydrogens (primary N) is 2. The van der Waals surface area contributed by atoms with Crippen molar-refractivity contribution in [2.75, 3.05) is 38.9 Å². The predicted molar refractivity (Wildman–Crippen MR) is 153 cm³/mol. The van der Waals surface area contributed by atoms with Crippen molar-refractivity contribution in [3.05, 3.63) is 77.1 Å². The maximum atomic E-state index is 14.5. The van der Waals surface area contributed by atoms with Crippen LogP contribution in [0.15, 0.2) is 54.6 Å². The quantitative estimate of drug-likeness (QED) is 0.142. The number of carbonyl (C=O) groups is 1. The van der Waals surface area contributed by atoms with Crippen molar-refractivity contribution >= 4 is 11.7 Å². The normalized spacial score (nSPS) is 11.1. The van der Waals surface area contributed by atoms with Gasteiger partial charge in [-0.05, 0) is 67.6 Å². The van der Waals surface area contributed by atoms with Crippen molar-refractivity contribution in [1.29, 1.82) is 0 Å². The van der Waals surface area contributed by atoms with E-state index < -0.39 is 11.8 Å². The summed E-state index contributed by atoms with van der Waals surface area (Å²) in [6, 6.07) is 16.2. The Morgan fingerprint density at radius 2 is 1.73 bits per heavy atom. The molecule has 0 spiro atoms. The smallest absolute Gasteiger partial charge is 0.307 e. The molecule has 0 atom stereocenters. The molecule has 0 bridgehead atoms. The zero-order valence-electron chi connectivity index (χ0n) is 23.4. The Hall–Kier alpha value is -3.66. The lowest BCUT2D eigenvalue weighted by Gasteiger charge is -2.21. The fraction of sp³-hybridized carbons (Fsp3) is 0.387. The molecule has 0 amide bonds. The Kier molecular flexibility index (Phi) is 12.2. The van der Waals surface area contributed by atoms with E-state index in [0.29, 0.717) is 49.2 Å². The minimum atomic E-state index is -0.465. The van der Waals surface area contributed by atoms with E-state index in [1.165, 1.54) is 6.07 Å². The number of anilines is 1. The van der Waals surface area contributed by atoms with Gasteiger partial charge in [0.05, 0.1) is 13.2 Å². The molecule has 9 heteroatoms. The number of rotatable bonds is 16. The highest BCUT2D eigenvalue weighted by molar-refractivity contribution is 5.80. The summed E-state index contributed by atoms with van der Waals surface area (Å²) in [7, 11) is 0. The van der Waals surface area contributed by atoms with Crippen LogP contribution in [0, 0.1) is 12.7 Å². The topological polar surface area (TPSA) is 115 Å². The molecule has 216 valence electrons. The fourth-order valence-electron chi connectivity index (χ4n) is 4.26. The summed E-state index contributed by atoms with van der Waals surface area (Å²) in [4.78, 5) is 11.5. The molecule has 40 heavy (non-hydrogen) atoms. The Morgan fingerprint density at radius 1 is 0.975 bits per heavy atom. The molecule has 4 N–H and O–H groups in total. The van der Waals surface area contributed by atoms with E-state index >= 15 is 0 Å². The second kappa shape index (κ2) is 15.8. The predicted octanol–water partition coefficient (Wildman–Crippen LogP) is 5.17. The maximum Gasteiger partial charge on any atom is 0.307 e. The highest BCUT2D eigenvalue weighted by atomic mass is 19.1. The van der Waals surface area contributed by atoms with E-state index in [4.69, 9.17) is 30.4 Å². The van der Waals surface area contributed by atoms with Crippen LogP contribution in [-0.4, -0.2) is 45.2 Å². The molecule has 0 aliphatic rings. The van der Waals surface area contributed by atoms with Crippen molar-refractivity contribution in [3.8, 4) is 22.6 Å². The van der Waals surface area contributed by atoms with Gasteiger partial charge >= 0.3 is 5.97 Å². The number of aryl methyl sites for hydroxylation is 2. The van der Waals surface area contributed by atoms with Gasteiger partial charge in [0.25, 0.3) is 0 Å². The molecule has 3 rings (SSSR count). The molecular formula is C31H39FN2O6. The minimum Gasteiger partial charge on any atom is -0.489 e. The summed E-state index contributed by atoms with van der Waals surface area (Å²) in [5, 5.41) is 0. The van der Waals surface area contributed by atoms with Gasteiger partial charge < -0.3 is 29.4 Å². The molecule has 0 saturated heterocycles. The lowest BCUT2D eigenvalue weighted by molar-refractivity contribution is -0.143. The Morgan fingerprint density at radius 3 is 2.38 bits per heavy atom. The first-order chi connectivity index (χ1) is 19.3. The summed E-state index contributed by atoms with van der Waals surface area (Å²) in [5.74, 6) is 0.140. The monoisotopic (exact) mass is 554 g/mol. The molecule has 0 radical (unpaired) electrons. The first kappa shape index (κ1) is 30.9. The lowest BCUT2D eigenvalue weighted by atomic mass is 9.97. The second-order valence-corrected chi connectivity index (χ2v) is 9.19. The van der Waals surface area contributed by atoms with Crippen LogP contribution in [0.5, 0.6) is 11.5 Å². The molecule has 3 aromatic carbocycles. The van der Waals surface area contributed by atoms with Crippen LogP contribution < -0.4 is 20.9 Å². The van der Waals surface area contributed by atoms with Gasteiger partial charge in [-0.25, -0.2) is 4.39 Å². The van der Waals surface area contributed by atoms with E-state index in [1.54, 1.807) is 12.1 Å². The first-order valence-corrected chi connectivity index (χ1v) is 13.4. The van der Waals surface area contributed by atoms with Gasteiger partial charge in [-0.3, -0.25) is 10.5 Å². The van der Waals surface area contributed by atoms with E-state index in [2.05, 4.69) is 4.74 Å². The second-order valence-electron chi connectivity index (χ2n) is 9.19. The lowest BCUT2D eigenvalue weighted by Crippen LogP contribution is -2.28. The minimum absolute atomic E-state index is 0.0535. The molecule has 3 aromatic rings. The Balaban J connectivity index is 1.67. The van der Waals surface area contributed by atoms with Crippen LogP contribution in [0.2, 0.25) is 0 Å². The summed E-state index contributed by atoms with van der Waals surface area (Å²) in [6.07, 6.45) is 0.0337. The van der Waals surface area contributed by atoms with Gasteiger partial charge in [0, 0.05) is 43.0 Å². The molecular weight excluding hydrogens is 515 g/mol. The van der Waals surface area contributed by atoms with Crippen molar-refractivity contribution in [1.82, 2.24) is 0 Å². The number of hydrogen-bond acceptors (Lipinski definition) is 8. The third-order valence-electron chi connectivity index (χ3n) is 6.15. The van der Waals surface area contributed by atoms with Crippen LogP contribution >= 0.6 is 0 Å². The van der Waals surface area contributed by atoms with Crippen LogP contribution in [0.25, 0.3) is 11.1 Å². The summed E-state index contributed by atoms with van der Waals surface area (Å²) in [6.45, 7) is 7.97. The van der Waals surface area contributed by atoms with Crippen LogP contribution in [-0.2, 0) is 32.0 Å². The number of benzene rings is 3. The Bertz CT molecular complexity index is 1220. The highest BCUT2D eigenvalue weighted by Crippen LogP contribution is 2.34. The SMILES string of the molecule is CCOCC(COCC)Oc1cc(C)c(-c2cccc(COc3ccc(CCC(=O)OCN)c(F)c3)c2)c(N)c1. The number of carbonyl (C=O) groups excluding carboxylic acids is 1. The molecule has 0 aliphatic heterocycles. The number of esters is 1. The van der Waals surface area contributed by atoms with Crippen molar-refractivity contribution in [2.24, 2.45) is 5.73 Å². The number of halogens is 1. The first-order valence-electron chi connectivity index (χ1n) is 13.4. The van der Waals surface area contributed by atoms with E-state index in [0.717, 1.165) is 22.3 Å². The molecule has 8 nitrogen and oxygen atoms in total. The molecule has 0 fully saturated rings. The third kappa shape index (κ3) is 9.22. The highest BCUT2D eigenvalue weighted by Gasteiger charge is 2.15. The average molecular weight is 555 g/mol. The summed E-state index contributed by atoms with van der Waals surface area (Å²) in [5.41, 5.74) is 16.4. The van der Waals surface area contributed by atoms with Crippen molar-refractivity contribution in [2.45, 2.75) is 46.3 Å². The van der Waals surface area contributed by atoms with Gasteiger partial charge in [0.1, 0.15) is 36.8 Å². The summed E-state index contributed by atoms with van der Waals surface area (Å²) < 4.78 is 42.3. The Labute approximate surface area is 235 Å². The van der Waals surface area contributed by atoms with Crippen LogP contribution in [0.1, 0.15) is 37.0 Å². The fourth-order valence-corrected chi connectivity index (χ4v) is 4.26. The van der Waals surface area contributed by atoms with Crippen LogP contribution in [0.3, 0.4) is 0 Å². The van der Waals surface area contributed by atoms with Crippen molar-refractivity contribution < 1.29 is 32.9 Å². The zero-order valence-corrected chi connectivity index (χ0v) is 23.4. The number of nitrogen functional groups attached to an aromatic ring is 1. The largest absolute Gasteiger partial charge is 0.489 e. The van der Waals surface area contributed by atoms with Gasteiger partial charge in [-0.15, -0.1) is 0 Å². The molecule has 0 heterocycles. The zero-order chi connectivity index (χ0) is 28.9. The molecule has 0 aliphatic carbocycles. The third-order valence-corrected chi connectivity index (χ3v) is 6.15.